The molecular weight excluding hydrogens is 281 g/mol. The van der Waals surface area contributed by atoms with E-state index in [1.165, 1.54) is 0 Å². The summed E-state index contributed by atoms with van der Waals surface area (Å²) in [5.41, 5.74) is -0.0749. The Morgan fingerprint density at radius 1 is 1.26 bits per heavy atom. The van der Waals surface area contributed by atoms with Crippen LogP contribution in [0.3, 0.4) is 0 Å². The van der Waals surface area contributed by atoms with Gasteiger partial charge in [0.25, 0.3) is 0 Å². The molecule has 0 bridgehead atoms. The molecule has 1 aromatic rings. The average molecular weight is 298 g/mol. The predicted octanol–water partition coefficient (Wildman–Crippen LogP) is 4.75. The maximum atomic E-state index is 10.6. The summed E-state index contributed by atoms with van der Waals surface area (Å²) in [5.74, 6) is 0.622. The first-order chi connectivity index (χ1) is 8.97. The smallest absolute Gasteiger partial charge is 0.0977 e. The maximum absolute atomic E-state index is 10.6. The molecule has 19 heavy (non-hydrogen) atoms. The standard InChI is InChI=1S/C15H17Cl2NO/c1-10-2-4-15(9-18,5-3-10)14(19)11-6-12(16)8-13(17)7-11/h6-8,10,14,19H,2-5H2,1H3. The molecular formula is C15H17Cl2NO. The summed E-state index contributed by atoms with van der Waals surface area (Å²) >= 11 is 11.9. The monoisotopic (exact) mass is 297 g/mol. The van der Waals surface area contributed by atoms with E-state index in [1.54, 1.807) is 18.2 Å². The highest BCUT2D eigenvalue weighted by atomic mass is 35.5. The number of rotatable bonds is 2. The summed E-state index contributed by atoms with van der Waals surface area (Å²) < 4.78 is 0. The van der Waals surface area contributed by atoms with Crippen molar-refractivity contribution in [1.29, 1.82) is 5.26 Å². The molecule has 1 aromatic carbocycles. The molecule has 1 fully saturated rings. The minimum Gasteiger partial charge on any atom is -0.387 e. The molecule has 2 nitrogen and oxygen atoms in total. The zero-order valence-electron chi connectivity index (χ0n) is 10.9. The molecule has 102 valence electrons. The lowest BCUT2D eigenvalue weighted by atomic mass is 9.67. The maximum Gasteiger partial charge on any atom is 0.0977 e. The number of nitrogens with zero attached hydrogens (tertiary/aromatic N) is 1. The Morgan fingerprint density at radius 2 is 1.79 bits per heavy atom. The van der Waals surface area contributed by atoms with Gasteiger partial charge in [-0.25, -0.2) is 0 Å². The third kappa shape index (κ3) is 3.05. The van der Waals surface area contributed by atoms with Gasteiger partial charge in [-0.2, -0.15) is 5.26 Å². The normalized spacial score (nSPS) is 28.7. The number of aliphatic hydroxyl groups is 1. The third-order valence-electron chi connectivity index (χ3n) is 4.11. The molecule has 0 amide bonds. The van der Waals surface area contributed by atoms with E-state index in [1.807, 2.05) is 0 Å². The lowest BCUT2D eigenvalue weighted by molar-refractivity contribution is 0.0266. The molecule has 1 N–H and O–H groups in total. The van der Waals surface area contributed by atoms with E-state index in [0.717, 1.165) is 25.7 Å². The number of nitriles is 1. The van der Waals surface area contributed by atoms with Gasteiger partial charge in [0.1, 0.15) is 0 Å². The number of hydrogen-bond acceptors (Lipinski definition) is 2. The van der Waals surface area contributed by atoms with E-state index in [9.17, 15) is 10.4 Å². The van der Waals surface area contributed by atoms with E-state index >= 15 is 0 Å². The van der Waals surface area contributed by atoms with E-state index in [4.69, 9.17) is 23.2 Å². The van der Waals surface area contributed by atoms with Crippen molar-refractivity contribution in [1.82, 2.24) is 0 Å². The summed E-state index contributed by atoms with van der Waals surface area (Å²) in [6.45, 7) is 2.18. The van der Waals surface area contributed by atoms with Crippen LogP contribution in [0, 0.1) is 22.7 Å². The second-order valence-corrected chi connectivity index (χ2v) is 6.43. The van der Waals surface area contributed by atoms with Crippen LogP contribution in [-0.4, -0.2) is 5.11 Å². The highest BCUT2D eigenvalue weighted by Crippen LogP contribution is 2.47. The van der Waals surface area contributed by atoms with Crippen LogP contribution in [0.15, 0.2) is 18.2 Å². The fourth-order valence-corrected chi connectivity index (χ4v) is 3.32. The van der Waals surface area contributed by atoms with Crippen molar-refractivity contribution in [2.75, 3.05) is 0 Å². The quantitative estimate of drug-likeness (QED) is 0.856. The first-order valence-electron chi connectivity index (χ1n) is 6.52. The Labute approximate surface area is 124 Å². The number of halogens is 2. The first kappa shape index (κ1) is 14.7. The predicted molar refractivity (Wildman–Crippen MR) is 77.1 cm³/mol. The summed E-state index contributed by atoms with van der Waals surface area (Å²) in [5, 5.41) is 21.1. The Kier molecular flexibility index (Phi) is 4.40. The summed E-state index contributed by atoms with van der Waals surface area (Å²) in [6, 6.07) is 7.34. The molecule has 1 saturated carbocycles. The second-order valence-electron chi connectivity index (χ2n) is 5.56. The van der Waals surface area contributed by atoms with Crippen LogP contribution in [0.4, 0.5) is 0 Å². The average Bonchev–Trinajstić information content (AvgIpc) is 2.38. The molecule has 0 aliphatic heterocycles. The van der Waals surface area contributed by atoms with E-state index in [2.05, 4.69) is 13.0 Å². The van der Waals surface area contributed by atoms with Crippen LogP contribution >= 0.6 is 23.2 Å². The molecule has 1 unspecified atom stereocenters. The lowest BCUT2D eigenvalue weighted by Gasteiger charge is -2.37. The minimum absolute atomic E-state index is 0.485. The molecule has 0 spiro atoms. The Hall–Kier alpha value is -0.750. The van der Waals surface area contributed by atoms with Gasteiger partial charge in [-0.1, -0.05) is 30.1 Å². The van der Waals surface area contributed by atoms with Crippen molar-refractivity contribution in [3.63, 3.8) is 0 Å². The molecule has 1 aliphatic rings. The van der Waals surface area contributed by atoms with Gasteiger partial charge in [0, 0.05) is 10.0 Å². The van der Waals surface area contributed by atoms with Crippen LogP contribution in [0.2, 0.25) is 10.0 Å². The molecule has 0 heterocycles. The number of benzene rings is 1. The minimum atomic E-state index is -0.832. The first-order valence-corrected chi connectivity index (χ1v) is 7.28. The van der Waals surface area contributed by atoms with Gasteiger partial charge in [0.2, 0.25) is 0 Å². The van der Waals surface area contributed by atoms with E-state index in [0.29, 0.717) is 21.5 Å². The summed E-state index contributed by atoms with van der Waals surface area (Å²) in [4.78, 5) is 0. The lowest BCUT2D eigenvalue weighted by Crippen LogP contribution is -2.32. The summed E-state index contributed by atoms with van der Waals surface area (Å²) in [6.07, 6.45) is 2.55. The van der Waals surface area contributed by atoms with Crippen molar-refractivity contribution in [3.05, 3.63) is 33.8 Å². The third-order valence-corrected chi connectivity index (χ3v) is 4.55. The van der Waals surface area contributed by atoms with Crippen molar-refractivity contribution in [2.24, 2.45) is 11.3 Å². The molecule has 0 saturated heterocycles. The summed E-state index contributed by atoms with van der Waals surface area (Å²) in [7, 11) is 0. The molecule has 2 rings (SSSR count). The van der Waals surface area contributed by atoms with Crippen LogP contribution in [-0.2, 0) is 0 Å². The van der Waals surface area contributed by atoms with Crippen molar-refractivity contribution < 1.29 is 5.11 Å². The highest BCUT2D eigenvalue weighted by Gasteiger charge is 2.41. The number of hydrogen-bond donors (Lipinski definition) is 1. The molecule has 1 atom stereocenters. The molecule has 4 heteroatoms. The van der Waals surface area contributed by atoms with Gasteiger partial charge < -0.3 is 5.11 Å². The van der Waals surface area contributed by atoms with Gasteiger partial charge in [0.15, 0.2) is 0 Å². The van der Waals surface area contributed by atoms with Crippen LogP contribution < -0.4 is 0 Å². The zero-order valence-corrected chi connectivity index (χ0v) is 12.4. The fraction of sp³-hybridized carbons (Fsp3) is 0.533. The number of aliphatic hydroxyl groups excluding tert-OH is 1. The molecule has 1 aliphatic carbocycles. The van der Waals surface area contributed by atoms with Gasteiger partial charge in [-0.05, 0) is 55.4 Å². The second kappa shape index (κ2) is 5.71. The van der Waals surface area contributed by atoms with Crippen LogP contribution in [0.25, 0.3) is 0 Å². The highest BCUT2D eigenvalue weighted by molar-refractivity contribution is 6.34. The fourth-order valence-electron chi connectivity index (χ4n) is 2.78. The molecule has 0 aromatic heterocycles. The molecule has 0 radical (unpaired) electrons. The largest absolute Gasteiger partial charge is 0.387 e. The van der Waals surface area contributed by atoms with Crippen molar-refractivity contribution in [3.8, 4) is 6.07 Å². The van der Waals surface area contributed by atoms with Gasteiger partial charge in [0.05, 0.1) is 17.6 Å². The van der Waals surface area contributed by atoms with E-state index in [-0.39, 0.29) is 0 Å². The van der Waals surface area contributed by atoms with Crippen molar-refractivity contribution in [2.45, 2.75) is 38.7 Å². The van der Waals surface area contributed by atoms with E-state index < -0.39 is 11.5 Å². The Bertz CT molecular complexity index is 481. The Balaban J connectivity index is 2.31. The van der Waals surface area contributed by atoms with Crippen LogP contribution in [0.1, 0.15) is 44.3 Å². The SMILES string of the molecule is CC1CCC(C#N)(C(O)c2cc(Cl)cc(Cl)c2)CC1. The Morgan fingerprint density at radius 3 is 2.26 bits per heavy atom. The van der Waals surface area contributed by atoms with Crippen LogP contribution in [0.5, 0.6) is 0 Å². The topological polar surface area (TPSA) is 44.0 Å². The zero-order chi connectivity index (χ0) is 14.0. The van der Waals surface area contributed by atoms with Gasteiger partial charge in [-0.15, -0.1) is 0 Å². The van der Waals surface area contributed by atoms with Crippen molar-refractivity contribution >= 4 is 23.2 Å². The van der Waals surface area contributed by atoms with Gasteiger partial charge in [-0.3, -0.25) is 0 Å². The van der Waals surface area contributed by atoms with Gasteiger partial charge >= 0.3 is 0 Å².